The van der Waals surface area contributed by atoms with Crippen LogP contribution in [0.1, 0.15) is 47.1 Å². The second-order valence-electron chi connectivity index (χ2n) is 5.54. The van der Waals surface area contributed by atoms with E-state index in [2.05, 4.69) is 10.1 Å². The van der Waals surface area contributed by atoms with Gasteiger partial charge in [0.25, 0.3) is 11.7 Å². The number of β-amino-alcohol motifs (C(OH)–C–C–N with tert-alkyl or cyclic N) is 1. The maximum Gasteiger partial charge on any atom is 0.290 e. The van der Waals surface area contributed by atoms with Crippen LogP contribution < -0.4 is 5.73 Å². The standard InChI is InChI=1S/C15H17FN4O3/c16-10-5-3-9(4-6-10)12(21)8-20-7-1-2-11(20)15-18-14(13(17)22)19-23-15/h3-6,11-12,21H,1-2,7-8H2,(H2,17,22)/t11-,12-/m1/s1. The van der Waals surface area contributed by atoms with Crippen LogP contribution in [0.15, 0.2) is 28.8 Å². The van der Waals surface area contributed by atoms with Crippen LogP contribution in [-0.4, -0.2) is 39.1 Å². The molecule has 0 bridgehead atoms. The Balaban J connectivity index is 1.71. The van der Waals surface area contributed by atoms with Gasteiger partial charge in [0.2, 0.25) is 5.89 Å². The molecule has 0 radical (unpaired) electrons. The molecule has 2 aromatic rings. The molecule has 0 spiro atoms. The summed E-state index contributed by atoms with van der Waals surface area (Å²) in [7, 11) is 0. The fourth-order valence-electron chi connectivity index (χ4n) is 2.81. The van der Waals surface area contributed by atoms with E-state index >= 15 is 0 Å². The minimum absolute atomic E-state index is 0.147. The molecule has 3 rings (SSSR count). The minimum Gasteiger partial charge on any atom is -0.387 e. The van der Waals surface area contributed by atoms with Crippen LogP contribution in [0.2, 0.25) is 0 Å². The van der Waals surface area contributed by atoms with Crippen molar-refractivity contribution in [1.29, 1.82) is 0 Å². The Morgan fingerprint density at radius 2 is 2.22 bits per heavy atom. The second-order valence-corrected chi connectivity index (χ2v) is 5.54. The minimum atomic E-state index is -0.755. The summed E-state index contributed by atoms with van der Waals surface area (Å²) in [6.45, 7) is 1.11. The zero-order chi connectivity index (χ0) is 16.4. The Bertz CT molecular complexity index is 688. The van der Waals surface area contributed by atoms with Gasteiger partial charge in [-0.1, -0.05) is 17.3 Å². The van der Waals surface area contributed by atoms with Crippen LogP contribution in [0.5, 0.6) is 0 Å². The van der Waals surface area contributed by atoms with Crippen molar-refractivity contribution in [2.24, 2.45) is 5.73 Å². The summed E-state index contributed by atoms with van der Waals surface area (Å²) >= 11 is 0. The number of rotatable bonds is 5. The number of amides is 1. The molecule has 8 heteroatoms. The van der Waals surface area contributed by atoms with E-state index < -0.39 is 12.0 Å². The molecule has 1 amide bonds. The molecule has 1 fully saturated rings. The summed E-state index contributed by atoms with van der Waals surface area (Å²) < 4.78 is 18.1. The number of likely N-dealkylation sites (tertiary alicyclic amines) is 1. The molecule has 2 atom stereocenters. The van der Waals surface area contributed by atoms with Crippen molar-refractivity contribution in [2.75, 3.05) is 13.1 Å². The van der Waals surface area contributed by atoms with Crippen LogP contribution in [0.25, 0.3) is 0 Å². The van der Waals surface area contributed by atoms with Gasteiger partial charge in [0, 0.05) is 6.54 Å². The largest absolute Gasteiger partial charge is 0.387 e. The average Bonchev–Trinajstić information content (AvgIpc) is 3.16. The Hall–Kier alpha value is -2.32. The number of aromatic nitrogens is 2. The molecule has 1 aliphatic heterocycles. The molecule has 1 aromatic carbocycles. The number of primary amides is 1. The molecular formula is C15H17FN4O3. The number of hydrogen-bond acceptors (Lipinski definition) is 6. The van der Waals surface area contributed by atoms with Gasteiger partial charge in [0.05, 0.1) is 12.1 Å². The highest BCUT2D eigenvalue weighted by molar-refractivity contribution is 5.88. The first-order chi connectivity index (χ1) is 11.0. The lowest BCUT2D eigenvalue weighted by molar-refractivity contribution is 0.0967. The topological polar surface area (TPSA) is 105 Å². The van der Waals surface area contributed by atoms with Crippen molar-refractivity contribution in [1.82, 2.24) is 15.0 Å². The normalized spacial score (nSPS) is 19.8. The zero-order valence-electron chi connectivity index (χ0n) is 12.4. The van der Waals surface area contributed by atoms with Crippen LogP contribution in [0.4, 0.5) is 4.39 Å². The number of benzene rings is 1. The summed E-state index contributed by atoms with van der Waals surface area (Å²) in [6, 6.07) is 5.59. The Morgan fingerprint density at radius 1 is 1.48 bits per heavy atom. The molecular weight excluding hydrogens is 303 g/mol. The fourth-order valence-corrected chi connectivity index (χ4v) is 2.81. The van der Waals surface area contributed by atoms with Gasteiger partial charge in [0.1, 0.15) is 5.82 Å². The van der Waals surface area contributed by atoms with E-state index in [0.29, 0.717) is 18.0 Å². The highest BCUT2D eigenvalue weighted by atomic mass is 19.1. The van der Waals surface area contributed by atoms with Crippen molar-refractivity contribution in [2.45, 2.75) is 25.0 Å². The van der Waals surface area contributed by atoms with Crippen molar-refractivity contribution >= 4 is 5.91 Å². The van der Waals surface area contributed by atoms with E-state index in [9.17, 15) is 14.3 Å². The monoisotopic (exact) mass is 320 g/mol. The van der Waals surface area contributed by atoms with E-state index in [4.69, 9.17) is 10.3 Å². The molecule has 1 aromatic heterocycles. The lowest BCUT2D eigenvalue weighted by Gasteiger charge is -2.24. The molecule has 1 saturated heterocycles. The fraction of sp³-hybridized carbons (Fsp3) is 0.400. The van der Waals surface area contributed by atoms with Gasteiger partial charge in [-0.3, -0.25) is 9.69 Å². The van der Waals surface area contributed by atoms with Crippen LogP contribution in [0, 0.1) is 5.82 Å². The molecule has 122 valence electrons. The maximum atomic E-state index is 12.9. The Labute approximate surface area is 131 Å². The van der Waals surface area contributed by atoms with Gasteiger partial charge in [-0.2, -0.15) is 4.98 Å². The third-order valence-electron chi connectivity index (χ3n) is 3.97. The molecule has 0 unspecified atom stereocenters. The van der Waals surface area contributed by atoms with Crippen molar-refractivity contribution < 1.29 is 18.8 Å². The van der Waals surface area contributed by atoms with Crippen LogP contribution >= 0.6 is 0 Å². The van der Waals surface area contributed by atoms with Crippen molar-refractivity contribution in [3.63, 3.8) is 0 Å². The van der Waals surface area contributed by atoms with Crippen LogP contribution in [0.3, 0.4) is 0 Å². The highest BCUT2D eigenvalue weighted by Crippen LogP contribution is 2.32. The summed E-state index contributed by atoms with van der Waals surface area (Å²) in [4.78, 5) is 17.1. The first kappa shape index (κ1) is 15.6. The van der Waals surface area contributed by atoms with E-state index in [1.807, 2.05) is 4.90 Å². The predicted molar refractivity (Wildman–Crippen MR) is 77.7 cm³/mol. The lowest BCUT2D eigenvalue weighted by atomic mass is 10.1. The van der Waals surface area contributed by atoms with Crippen LogP contribution in [-0.2, 0) is 0 Å². The number of hydrogen-bond donors (Lipinski definition) is 2. The number of nitrogens with zero attached hydrogens (tertiary/aromatic N) is 3. The number of halogens is 1. The van der Waals surface area contributed by atoms with Gasteiger partial charge in [-0.25, -0.2) is 4.39 Å². The number of carbonyl (C=O) groups excluding carboxylic acids is 1. The van der Waals surface area contributed by atoms with Gasteiger partial charge >= 0.3 is 0 Å². The number of aliphatic hydroxyl groups is 1. The highest BCUT2D eigenvalue weighted by Gasteiger charge is 2.32. The third kappa shape index (κ3) is 3.38. The van der Waals surface area contributed by atoms with E-state index in [1.54, 1.807) is 12.1 Å². The van der Waals surface area contributed by atoms with Gasteiger partial charge in [0.15, 0.2) is 0 Å². The van der Waals surface area contributed by atoms with Crippen molar-refractivity contribution in [3.05, 3.63) is 47.4 Å². The molecule has 3 N–H and O–H groups in total. The quantitative estimate of drug-likeness (QED) is 0.857. The summed E-state index contributed by atoms with van der Waals surface area (Å²) in [5.41, 5.74) is 5.76. The first-order valence-corrected chi connectivity index (χ1v) is 7.35. The molecule has 7 nitrogen and oxygen atoms in total. The molecule has 0 saturated carbocycles. The van der Waals surface area contributed by atoms with E-state index in [-0.39, 0.29) is 17.7 Å². The summed E-state index contributed by atoms with van der Waals surface area (Å²) in [5, 5.41) is 13.9. The molecule has 23 heavy (non-hydrogen) atoms. The summed E-state index contributed by atoms with van der Waals surface area (Å²) in [6.07, 6.45) is 0.945. The van der Waals surface area contributed by atoms with E-state index in [0.717, 1.165) is 19.4 Å². The summed E-state index contributed by atoms with van der Waals surface area (Å²) in [5.74, 6) is -0.908. The average molecular weight is 320 g/mol. The van der Waals surface area contributed by atoms with Gasteiger partial charge in [-0.15, -0.1) is 0 Å². The zero-order valence-corrected chi connectivity index (χ0v) is 12.4. The van der Waals surface area contributed by atoms with Crippen molar-refractivity contribution in [3.8, 4) is 0 Å². The smallest absolute Gasteiger partial charge is 0.290 e. The Morgan fingerprint density at radius 3 is 2.87 bits per heavy atom. The number of carbonyl (C=O) groups is 1. The lowest BCUT2D eigenvalue weighted by Crippen LogP contribution is -2.28. The second kappa shape index (κ2) is 6.43. The Kier molecular flexibility index (Phi) is 4.35. The molecule has 2 heterocycles. The van der Waals surface area contributed by atoms with E-state index in [1.165, 1.54) is 12.1 Å². The predicted octanol–water partition coefficient (Wildman–Crippen LogP) is 1.18. The van der Waals surface area contributed by atoms with Gasteiger partial charge in [-0.05, 0) is 37.1 Å². The third-order valence-corrected chi connectivity index (χ3v) is 3.97. The SMILES string of the molecule is NC(=O)c1noc([C@H]2CCCN2C[C@@H](O)c2ccc(F)cc2)n1. The molecule has 0 aliphatic carbocycles. The number of aliphatic hydroxyl groups excluding tert-OH is 1. The van der Waals surface area contributed by atoms with Gasteiger partial charge < -0.3 is 15.4 Å². The number of nitrogens with two attached hydrogens (primary N) is 1. The molecule has 1 aliphatic rings. The maximum absolute atomic E-state index is 12.9. The first-order valence-electron chi connectivity index (χ1n) is 7.35.